The van der Waals surface area contributed by atoms with Crippen LogP contribution in [-0.2, 0) is 27.3 Å². The second kappa shape index (κ2) is 15.6. The normalized spacial score (nSPS) is 11.3. The summed E-state index contributed by atoms with van der Waals surface area (Å²) in [4.78, 5) is 0. The van der Waals surface area contributed by atoms with Crippen molar-refractivity contribution in [2.24, 2.45) is 5.92 Å². The first kappa shape index (κ1) is 32.8. The van der Waals surface area contributed by atoms with Crippen molar-refractivity contribution in [1.29, 1.82) is 0 Å². The number of rotatable bonds is 5. The average molecular weight is 707 g/mol. The van der Waals surface area contributed by atoms with E-state index in [1.54, 1.807) is 0 Å². The molecule has 0 aromatic heterocycles. The Morgan fingerprint density at radius 3 is 2.11 bits per heavy atom. The molecule has 1 aliphatic rings. The quantitative estimate of drug-likeness (QED) is 0.123. The van der Waals surface area contributed by atoms with Gasteiger partial charge in [0, 0.05) is 0 Å². The predicted molar refractivity (Wildman–Crippen MR) is 190 cm³/mol. The maximum absolute atomic E-state index is 4.93. The minimum atomic E-state index is -0.826. The zero-order valence-corrected chi connectivity index (χ0v) is 30.6. The van der Waals surface area contributed by atoms with Gasteiger partial charge in [-0.1, -0.05) is 129 Å². The fraction of sp³-hybridized carbons (Fsp3) is 0.175. The van der Waals surface area contributed by atoms with Crippen LogP contribution in [0.2, 0.25) is 0 Å². The minimum Gasteiger partial charge on any atom is -0.184 e. The molecule has 0 atom stereocenters. The Morgan fingerprint density at radius 1 is 0.727 bits per heavy atom. The van der Waals surface area contributed by atoms with Crippen molar-refractivity contribution in [2.75, 3.05) is 0 Å². The molecule has 6 aromatic rings. The molecule has 0 bridgehead atoms. The van der Waals surface area contributed by atoms with Gasteiger partial charge >= 0.3 is 37.9 Å². The van der Waals surface area contributed by atoms with E-state index in [1.165, 1.54) is 65.7 Å². The Bertz CT molecular complexity index is 1780. The summed E-state index contributed by atoms with van der Waals surface area (Å²) in [6.07, 6.45) is 1.13. The SMILES string of the molecule is CC(C)Cc1cc2c(-c3ccccc3C(C)C)c(-c3ccccc3)ccc2[cH-]1.[Cl][Zr+2][Cl].[c-]1cccc2c1[Si]c1ccccc1-2. The molecule has 4 heteroatoms. The third-order valence-corrected chi connectivity index (χ3v) is 9.23. The molecular formula is C40H36Cl2SiZr. The molecule has 0 saturated carbocycles. The average Bonchev–Trinajstić information content (AvgIpc) is 3.62. The van der Waals surface area contributed by atoms with E-state index in [9.17, 15) is 0 Å². The number of fused-ring (bicyclic) bond motifs is 4. The van der Waals surface area contributed by atoms with Crippen molar-refractivity contribution in [3.63, 3.8) is 0 Å². The van der Waals surface area contributed by atoms with Gasteiger partial charge in [0.1, 0.15) is 0 Å². The molecule has 1 aliphatic heterocycles. The molecule has 0 fully saturated rings. The van der Waals surface area contributed by atoms with Gasteiger partial charge < -0.3 is 0 Å². The van der Waals surface area contributed by atoms with Gasteiger partial charge in [-0.25, -0.2) is 0 Å². The summed E-state index contributed by atoms with van der Waals surface area (Å²) >= 11 is -0.826. The molecule has 6 aromatic carbocycles. The molecule has 0 N–H and O–H groups in total. The number of benzene rings is 5. The zero-order valence-electron chi connectivity index (χ0n) is 25.7. The molecule has 0 amide bonds. The van der Waals surface area contributed by atoms with Gasteiger partial charge in [0.15, 0.2) is 0 Å². The van der Waals surface area contributed by atoms with E-state index in [1.807, 2.05) is 6.07 Å². The monoisotopic (exact) mass is 704 g/mol. The summed E-state index contributed by atoms with van der Waals surface area (Å²) in [5, 5.41) is 5.55. The molecule has 1 heterocycles. The molecule has 218 valence electrons. The maximum atomic E-state index is 4.93. The molecular weight excluding hydrogens is 671 g/mol. The third kappa shape index (κ3) is 7.60. The van der Waals surface area contributed by atoms with Crippen molar-refractivity contribution in [2.45, 2.75) is 40.0 Å². The smallest absolute Gasteiger partial charge is 0.0920 e. The van der Waals surface area contributed by atoms with Gasteiger partial charge in [-0.3, -0.25) is 0 Å². The summed E-state index contributed by atoms with van der Waals surface area (Å²) in [5.74, 6) is 1.15. The number of hydrogen-bond acceptors (Lipinski definition) is 0. The molecule has 0 spiro atoms. The van der Waals surface area contributed by atoms with Crippen molar-refractivity contribution in [3.8, 4) is 33.4 Å². The standard InChI is InChI=1S/C28H29.C12H7Si.2ClH.Zr/c1-19(2)16-21-17-23-14-15-25(22-10-6-5-7-11-22)28(27(23)18-21)26-13-9-8-12-24(26)20(3)4;1-3-7-11-9(5-1)10-6-2-4-8-12(10)13-11;;;/h5-15,17-20H,16H2,1-4H3;1-7H;2*1H;/q2*-1;;;+4/p-2. The zero-order chi connectivity index (χ0) is 31.1. The van der Waals surface area contributed by atoms with E-state index in [4.69, 9.17) is 17.0 Å². The van der Waals surface area contributed by atoms with Gasteiger partial charge in [-0.15, -0.1) is 34.0 Å². The Hall–Kier alpha value is -2.61. The maximum Gasteiger partial charge on any atom is 0.0920 e. The van der Waals surface area contributed by atoms with Crippen LogP contribution in [0.5, 0.6) is 0 Å². The molecule has 44 heavy (non-hydrogen) atoms. The van der Waals surface area contributed by atoms with Gasteiger partial charge in [0.2, 0.25) is 0 Å². The van der Waals surface area contributed by atoms with Gasteiger partial charge in [0.05, 0.1) is 9.52 Å². The van der Waals surface area contributed by atoms with E-state index in [2.05, 4.69) is 149 Å². The topological polar surface area (TPSA) is 0 Å². The first-order valence-electron chi connectivity index (χ1n) is 15.1. The van der Waals surface area contributed by atoms with Crippen LogP contribution in [0, 0.1) is 12.0 Å². The summed E-state index contributed by atoms with van der Waals surface area (Å²) in [6, 6.07) is 47.3. The first-order chi connectivity index (χ1) is 21.4. The van der Waals surface area contributed by atoms with E-state index in [0.29, 0.717) is 11.8 Å². The predicted octanol–water partition coefficient (Wildman–Crippen LogP) is 10.7. The summed E-state index contributed by atoms with van der Waals surface area (Å²) in [5.41, 5.74) is 11.0. The van der Waals surface area contributed by atoms with Crippen LogP contribution in [-0.4, -0.2) is 9.52 Å². The molecule has 0 aliphatic carbocycles. The third-order valence-electron chi connectivity index (χ3n) is 7.86. The summed E-state index contributed by atoms with van der Waals surface area (Å²) in [7, 11) is 10.7. The molecule has 2 radical (unpaired) electrons. The van der Waals surface area contributed by atoms with Gasteiger partial charge in [-0.2, -0.15) is 35.5 Å². The van der Waals surface area contributed by atoms with Crippen molar-refractivity contribution in [1.82, 2.24) is 0 Å². The number of halogens is 2. The molecule has 0 saturated heterocycles. The van der Waals surface area contributed by atoms with Crippen LogP contribution in [0.1, 0.15) is 44.7 Å². The molecule has 0 unspecified atom stereocenters. The van der Waals surface area contributed by atoms with Gasteiger partial charge in [-0.05, 0) is 40.5 Å². The van der Waals surface area contributed by atoms with E-state index in [0.717, 1.165) is 15.9 Å². The Labute approximate surface area is 284 Å². The second-order valence-corrected chi connectivity index (χ2v) is 16.8. The minimum absolute atomic E-state index is 0.486. The van der Waals surface area contributed by atoms with E-state index >= 15 is 0 Å². The van der Waals surface area contributed by atoms with Crippen LogP contribution in [0.15, 0.2) is 121 Å². The van der Waals surface area contributed by atoms with Crippen LogP contribution in [0.25, 0.3) is 44.2 Å². The van der Waals surface area contributed by atoms with Crippen LogP contribution >= 0.6 is 17.0 Å². The van der Waals surface area contributed by atoms with E-state index in [-0.39, 0.29) is 0 Å². The molecule has 0 nitrogen and oxygen atoms in total. The fourth-order valence-corrected chi connectivity index (χ4v) is 7.35. The summed E-state index contributed by atoms with van der Waals surface area (Å²) < 4.78 is 0. The first-order valence-corrected chi connectivity index (χ1v) is 22.4. The van der Waals surface area contributed by atoms with Crippen molar-refractivity contribution in [3.05, 3.63) is 139 Å². The fourth-order valence-electron chi connectivity index (χ4n) is 6.04. The largest absolute Gasteiger partial charge is 0.184 e. The van der Waals surface area contributed by atoms with Crippen molar-refractivity contribution >= 4 is 47.7 Å². The molecule has 7 rings (SSSR count). The Kier molecular flexibility index (Phi) is 11.6. The Balaban J connectivity index is 0.000000198. The Morgan fingerprint density at radius 2 is 1.39 bits per heavy atom. The van der Waals surface area contributed by atoms with E-state index < -0.39 is 20.8 Å². The second-order valence-electron chi connectivity index (χ2n) is 11.8. The van der Waals surface area contributed by atoms with Crippen molar-refractivity contribution < 1.29 is 20.8 Å². The van der Waals surface area contributed by atoms with Crippen LogP contribution < -0.4 is 10.4 Å². The summed E-state index contributed by atoms with van der Waals surface area (Å²) in [6.45, 7) is 9.16. The van der Waals surface area contributed by atoms with Crippen LogP contribution in [0.4, 0.5) is 0 Å². The van der Waals surface area contributed by atoms with Crippen LogP contribution in [0.3, 0.4) is 0 Å². The van der Waals surface area contributed by atoms with Gasteiger partial charge in [0.25, 0.3) is 0 Å². The number of hydrogen-bond donors (Lipinski definition) is 0.